The Bertz CT molecular complexity index is 706. The van der Waals surface area contributed by atoms with Gasteiger partial charge in [0.25, 0.3) is 0 Å². The number of nitrogens with one attached hydrogen (secondary N) is 1. The quantitative estimate of drug-likeness (QED) is 0.939. The molecule has 0 spiro atoms. The van der Waals surface area contributed by atoms with Gasteiger partial charge in [0.15, 0.2) is 0 Å². The molecule has 0 saturated heterocycles. The number of anilines is 1. The minimum Gasteiger partial charge on any atom is -0.370 e. The Morgan fingerprint density at radius 2 is 2.14 bits per heavy atom. The van der Waals surface area contributed by atoms with Gasteiger partial charge in [-0.2, -0.15) is 10.4 Å². The lowest BCUT2D eigenvalue weighted by atomic mass is 10.0. The molecule has 0 fully saturated rings. The summed E-state index contributed by atoms with van der Waals surface area (Å²) < 4.78 is 1.94. The maximum Gasteiger partial charge on any atom is 0.133 e. The second-order valence-corrected chi connectivity index (χ2v) is 6.30. The largest absolute Gasteiger partial charge is 0.370 e. The molecule has 0 radical (unpaired) electrons. The van der Waals surface area contributed by atoms with E-state index < -0.39 is 0 Å². The van der Waals surface area contributed by atoms with Gasteiger partial charge in [0.05, 0.1) is 16.9 Å². The van der Waals surface area contributed by atoms with E-state index in [1.54, 1.807) is 0 Å². The Kier molecular flexibility index (Phi) is 4.15. The van der Waals surface area contributed by atoms with E-state index in [2.05, 4.69) is 25.2 Å². The van der Waals surface area contributed by atoms with Crippen molar-refractivity contribution in [2.24, 2.45) is 5.92 Å². The number of nitriles is 1. The topological polar surface area (TPSA) is 53.6 Å². The number of rotatable bonds is 3. The standard InChI is InChI=1S/C18H22N4/c1-13(2)11-16-15-8-5-6-10-20-18(15)22(21-16)17-9-4-3-7-14(17)12-19/h3-4,7,9,13,20H,5-6,8,10-11H2,1-2H3. The fourth-order valence-electron chi connectivity index (χ4n) is 3.05. The van der Waals surface area contributed by atoms with Crippen molar-refractivity contribution in [1.82, 2.24) is 9.78 Å². The highest BCUT2D eigenvalue weighted by molar-refractivity contribution is 5.58. The van der Waals surface area contributed by atoms with Crippen LogP contribution in [0.2, 0.25) is 0 Å². The van der Waals surface area contributed by atoms with Crippen molar-refractivity contribution in [2.45, 2.75) is 39.5 Å². The number of hydrogen-bond donors (Lipinski definition) is 1. The molecule has 2 aromatic rings. The molecule has 0 bridgehead atoms. The molecule has 1 aromatic heterocycles. The lowest BCUT2D eigenvalue weighted by Gasteiger charge is -2.10. The fraction of sp³-hybridized carbons (Fsp3) is 0.444. The molecule has 0 saturated carbocycles. The van der Waals surface area contributed by atoms with E-state index in [0.717, 1.165) is 30.9 Å². The molecular formula is C18H22N4. The number of nitrogens with zero attached hydrogens (tertiary/aromatic N) is 3. The molecule has 0 aliphatic carbocycles. The first kappa shape index (κ1) is 14.6. The van der Waals surface area contributed by atoms with Crippen molar-refractivity contribution in [2.75, 3.05) is 11.9 Å². The van der Waals surface area contributed by atoms with Crippen molar-refractivity contribution >= 4 is 5.82 Å². The molecular weight excluding hydrogens is 272 g/mol. The zero-order valence-electron chi connectivity index (χ0n) is 13.3. The molecule has 4 heteroatoms. The van der Waals surface area contributed by atoms with Crippen LogP contribution in [0.5, 0.6) is 0 Å². The summed E-state index contributed by atoms with van der Waals surface area (Å²) in [5.74, 6) is 1.65. The van der Waals surface area contributed by atoms with Gasteiger partial charge in [0, 0.05) is 12.1 Å². The predicted molar refractivity (Wildman–Crippen MR) is 88.2 cm³/mol. The molecule has 1 aliphatic heterocycles. The summed E-state index contributed by atoms with van der Waals surface area (Å²) in [7, 11) is 0. The van der Waals surface area contributed by atoms with Gasteiger partial charge in [0.2, 0.25) is 0 Å². The second kappa shape index (κ2) is 6.23. The van der Waals surface area contributed by atoms with Crippen LogP contribution in [-0.4, -0.2) is 16.3 Å². The predicted octanol–water partition coefficient (Wildman–Crippen LogP) is 3.69. The van der Waals surface area contributed by atoms with Gasteiger partial charge < -0.3 is 5.32 Å². The highest BCUT2D eigenvalue weighted by Gasteiger charge is 2.22. The Labute approximate surface area is 131 Å². The van der Waals surface area contributed by atoms with Gasteiger partial charge in [-0.25, -0.2) is 4.68 Å². The molecule has 1 N–H and O–H groups in total. The van der Waals surface area contributed by atoms with Gasteiger partial charge in [-0.3, -0.25) is 0 Å². The van der Waals surface area contributed by atoms with Crippen molar-refractivity contribution in [1.29, 1.82) is 5.26 Å². The molecule has 114 valence electrons. The van der Waals surface area contributed by atoms with Gasteiger partial charge in [0.1, 0.15) is 11.9 Å². The Balaban J connectivity index is 2.15. The van der Waals surface area contributed by atoms with E-state index in [0.29, 0.717) is 11.5 Å². The number of fused-ring (bicyclic) bond motifs is 1. The molecule has 1 aliphatic rings. The van der Waals surface area contributed by atoms with E-state index >= 15 is 0 Å². The van der Waals surface area contributed by atoms with Crippen molar-refractivity contribution < 1.29 is 0 Å². The van der Waals surface area contributed by atoms with Crippen LogP contribution in [0.25, 0.3) is 5.69 Å². The highest BCUT2D eigenvalue weighted by Crippen LogP contribution is 2.30. The van der Waals surface area contributed by atoms with E-state index in [4.69, 9.17) is 5.10 Å². The van der Waals surface area contributed by atoms with Gasteiger partial charge in [-0.1, -0.05) is 26.0 Å². The number of hydrogen-bond acceptors (Lipinski definition) is 3. The van der Waals surface area contributed by atoms with Crippen LogP contribution in [0.4, 0.5) is 5.82 Å². The van der Waals surface area contributed by atoms with E-state index in [1.807, 2.05) is 28.9 Å². The molecule has 4 nitrogen and oxygen atoms in total. The normalized spacial score (nSPS) is 14.1. The van der Waals surface area contributed by atoms with Crippen LogP contribution in [0.3, 0.4) is 0 Å². The lowest BCUT2D eigenvalue weighted by molar-refractivity contribution is 0.622. The summed E-state index contributed by atoms with van der Waals surface area (Å²) in [5.41, 5.74) is 4.03. The number of aromatic nitrogens is 2. The van der Waals surface area contributed by atoms with Gasteiger partial charge in [-0.05, 0) is 43.7 Å². The third-order valence-corrected chi connectivity index (χ3v) is 4.07. The Hall–Kier alpha value is -2.28. The maximum absolute atomic E-state index is 9.38. The summed E-state index contributed by atoms with van der Waals surface area (Å²) in [5, 5.41) is 17.8. The summed E-state index contributed by atoms with van der Waals surface area (Å²) in [6.07, 6.45) is 4.41. The first-order valence-electron chi connectivity index (χ1n) is 8.05. The maximum atomic E-state index is 9.38. The van der Waals surface area contributed by atoms with Crippen molar-refractivity contribution in [3.63, 3.8) is 0 Å². The van der Waals surface area contributed by atoms with E-state index in [9.17, 15) is 5.26 Å². The fourth-order valence-corrected chi connectivity index (χ4v) is 3.05. The summed E-state index contributed by atoms with van der Waals surface area (Å²) in [6.45, 7) is 5.41. The first-order chi connectivity index (χ1) is 10.7. The van der Waals surface area contributed by atoms with E-state index in [1.165, 1.54) is 24.1 Å². The lowest BCUT2D eigenvalue weighted by Crippen LogP contribution is -2.08. The Morgan fingerprint density at radius 3 is 2.91 bits per heavy atom. The number of benzene rings is 1. The monoisotopic (exact) mass is 294 g/mol. The molecule has 0 atom stereocenters. The third kappa shape index (κ3) is 2.71. The van der Waals surface area contributed by atoms with Crippen LogP contribution in [0, 0.1) is 17.2 Å². The minimum absolute atomic E-state index is 0.571. The van der Waals surface area contributed by atoms with Crippen molar-refractivity contribution in [3.05, 3.63) is 41.1 Å². The molecule has 0 amide bonds. The highest BCUT2D eigenvalue weighted by atomic mass is 15.3. The summed E-state index contributed by atoms with van der Waals surface area (Å²) in [4.78, 5) is 0. The molecule has 0 unspecified atom stereocenters. The average molecular weight is 294 g/mol. The van der Waals surface area contributed by atoms with E-state index in [-0.39, 0.29) is 0 Å². The van der Waals surface area contributed by atoms with Crippen LogP contribution >= 0.6 is 0 Å². The minimum atomic E-state index is 0.571. The molecule has 1 aromatic carbocycles. The van der Waals surface area contributed by atoms with Crippen LogP contribution in [0.15, 0.2) is 24.3 Å². The molecule has 3 rings (SSSR count). The molecule has 2 heterocycles. The second-order valence-electron chi connectivity index (χ2n) is 6.30. The zero-order valence-corrected chi connectivity index (χ0v) is 13.3. The van der Waals surface area contributed by atoms with Crippen molar-refractivity contribution in [3.8, 4) is 11.8 Å². The molecule has 22 heavy (non-hydrogen) atoms. The SMILES string of the molecule is CC(C)Cc1nn(-c2ccccc2C#N)c2c1CCCCN2. The first-order valence-corrected chi connectivity index (χ1v) is 8.05. The third-order valence-electron chi connectivity index (χ3n) is 4.07. The van der Waals surface area contributed by atoms with Crippen LogP contribution < -0.4 is 5.32 Å². The average Bonchev–Trinajstić information content (AvgIpc) is 2.70. The Morgan fingerprint density at radius 1 is 1.32 bits per heavy atom. The number of para-hydroxylation sites is 1. The zero-order chi connectivity index (χ0) is 15.5. The van der Waals surface area contributed by atoms with Gasteiger partial charge >= 0.3 is 0 Å². The smallest absolute Gasteiger partial charge is 0.133 e. The van der Waals surface area contributed by atoms with Crippen LogP contribution in [0.1, 0.15) is 43.5 Å². The summed E-state index contributed by atoms with van der Waals surface area (Å²) in [6, 6.07) is 9.95. The van der Waals surface area contributed by atoms with Crippen LogP contribution in [-0.2, 0) is 12.8 Å². The summed E-state index contributed by atoms with van der Waals surface area (Å²) >= 11 is 0. The van der Waals surface area contributed by atoms with Gasteiger partial charge in [-0.15, -0.1) is 0 Å².